The Bertz CT molecular complexity index is 497. The van der Waals surface area contributed by atoms with Crippen LogP contribution in [-0.4, -0.2) is 45.2 Å². The van der Waals surface area contributed by atoms with Gasteiger partial charge in [0, 0.05) is 24.8 Å². The van der Waals surface area contributed by atoms with E-state index in [1.165, 1.54) is 7.11 Å². The molecule has 1 amide bonds. The third-order valence-electron chi connectivity index (χ3n) is 3.27. The van der Waals surface area contributed by atoms with Crippen molar-refractivity contribution >= 4 is 12.2 Å². The van der Waals surface area contributed by atoms with Crippen molar-refractivity contribution in [2.75, 3.05) is 26.9 Å². The number of benzene rings is 1. The molecule has 0 spiro atoms. The van der Waals surface area contributed by atoms with Gasteiger partial charge in [-0.3, -0.25) is 9.59 Å². The van der Waals surface area contributed by atoms with Crippen LogP contribution in [0, 0.1) is 0 Å². The number of rotatable bonds is 6. The van der Waals surface area contributed by atoms with Gasteiger partial charge < -0.3 is 19.5 Å². The molecular weight excluding hydrogens is 274 g/mol. The second-order valence-corrected chi connectivity index (χ2v) is 4.77. The topological polar surface area (TPSA) is 73.9 Å². The molecule has 0 aliphatic carbocycles. The summed E-state index contributed by atoms with van der Waals surface area (Å²) in [5.74, 6) is 0.687. The molecule has 0 bridgehead atoms. The van der Waals surface area contributed by atoms with E-state index in [-0.39, 0.29) is 18.6 Å². The quantitative estimate of drug-likeness (QED) is 0.797. The molecule has 1 N–H and O–H groups in total. The predicted octanol–water partition coefficient (Wildman–Crippen LogP) is 1.18. The van der Waals surface area contributed by atoms with Crippen molar-refractivity contribution in [3.05, 3.63) is 23.8 Å². The molecular formula is C15H19NO5. The van der Waals surface area contributed by atoms with E-state index in [0.717, 1.165) is 19.1 Å². The van der Waals surface area contributed by atoms with Crippen LogP contribution in [0.25, 0.3) is 0 Å². The fourth-order valence-corrected chi connectivity index (χ4v) is 2.13. The molecule has 0 radical (unpaired) electrons. The first-order valence-electron chi connectivity index (χ1n) is 6.86. The van der Waals surface area contributed by atoms with Gasteiger partial charge in [0.05, 0.1) is 7.11 Å². The normalized spacial score (nSPS) is 15.3. The van der Waals surface area contributed by atoms with Crippen LogP contribution in [0.5, 0.6) is 11.5 Å². The summed E-state index contributed by atoms with van der Waals surface area (Å²) in [5, 5.41) is 2.91. The van der Waals surface area contributed by atoms with Crippen molar-refractivity contribution in [2.24, 2.45) is 0 Å². The molecule has 1 aromatic rings. The minimum absolute atomic E-state index is 0.0891. The highest BCUT2D eigenvalue weighted by Gasteiger charge is 2.16. The summed E-state index contributed by atoms with van der Waals surface area (Å²) < 4.78 is 15.8. The van der Waals surface area contributed by atoms with Crippen LogP contribution in [0.2, 0.25) is 0 Å². The first-order valence-corrected chi connectivity index (χ1v) is 6.86. The zero-order valence-corrected chi connectivity index (χ0v) is 12.0. The lowest BCUT2D eigenvalue weighted by Crippen LogP contribution is -2.41. The lowest BCUT2D eigenvalue weighted by atomic mass is 10.1. The van der Waals surface area contributed by atoms with Gasteiger partial charge in [0.15, 0.2) is 18.1 Å². The Balaban J connectivity index is 1.86. The van der Waals surface area contributed by atoms with Gasteiger partial charge in [0.2, 0.25) is 0 Å². The fourth-order valence-electron chi connectivity index (χ4n) is 2.13. The van der Waals surface area contributed by atoms with Crippen molar-refractivity contribution in [1.82, 2.24) is 5.32 Å². The maximum atomic E-state index is 11.8. The molecule has 1 aromatic carbocycles. The summed E-state index contributed by atoms with van der Waals surface area (Å²) in [6.07, 6.45) is 2.37. The summed E-state index contributed by atoms with van der Waals surface area (Å²) in [6, 6.07) is 4.94. The summed E-state index contributed by atoms with van der Waals surface area (Å²) in [6.45, 7) is 1.26. The van der Waals surface area contributed by atoms with Crippen LogP contribution in [0.15, 0.2) is 18.2 Å². The van der Waals surface area contributed by atoms with E-state index in [2.05, 4.69) is 5.32 Å². The zero-order chi connectivity index (χ0) is 15.1. The zero-order valence-electron chi connectivity index (χ0n) is 12.0. The third-order valence-corrected chi connectivity index (χ3v) is 3.27. The molecule has 0 saturated carbocycles. The lowest BCUT2D eigenvalue weighted by molar-refractivity contribution is -0.124. The Morgan fingerprint density at radius 2 is 2.14 bits per heavy atom. The first-order chi connectivity index (χ1) is 10.2. The number of carbonyl (C=O) groups excluding carboxylic acids is 2. The summed E-state index contributed by atoms with van der Waals surface area (Å²) in [5.41, 5.74) is 0.492. The van der Waals surface area contributed by atoms with E-state index in [4.69, 9.17) is 14.2 Å². The van der Waals surface area contributed by atoms with E-state index < -0.39 is 0 Å². The Kier molecular flexibility index (Phi) is 5.57. The highest BCUT2D eigenvalue weighted by Crippen LogP contribution is 2.27. The number of ether oxygens (including phenoxy) is 3. The highest BCUT2D eigenvalue weighted by molar-refractivity contribution is 5.78. The van der Waals surface area contributed by atoms with Crippen molar-refractivity contribution in [2.45, 2.75) is 18.9 Å². The van der Waals surface area contributed by atoms with E-state index in [1.54, 1.807) is 18.2 Å². The maximum absolute atomic E-state index is 11.8. The van der Waals surface area contributed by atoms with Gasteiger partial charge >= 0.3 is 0 Å². The van der Waals surface area contributed by atoms with Crippen LogP contribution >= 0.6 is 0 Å². The SMILES string of the molecule is COc1cc(C=O)ccc1OCC(=O)NC1CCOCC1. The second-order valence-electron chi connectivity index (χ2n) is 4.77. The number of nitrogens with one attached hydrogen (secondary N) is 1. The number of aldehydes is 1. The average molecular weight is 293 g/mol. The largest absolute Gasteiger partial charge is 0.493 e. The summed E-state index contributed by atoms with van der Waals surface area (Å²) >= 11 is 0. The van der Waals surface area contributed by atoms with Gasteiger partial charge in [0.1, 0.15) is 6.29 Å². The molecule has 1 fully saturated rings. The molecule has 1 heterocycles. The Labute approximate surface area is 123 Å². The molecule has 2 rings (SSSR count). The van der Waals surface area contributed by atoms with Gasteiger partial charge in [0.25, 0.3) is 5.91 Å². The van der Waals surface area contributed by atoms with Gasteiger partial charge in [-0.15, -0.1) is 0 Å². The molecule has 21 heavy (non-hydrogen) atoms. The number of hydrogen-bond donors (Lipinski definition) is 1. The molecule has 0 unspecified atom stereocenters. The Morgan fingerprint density at radius 1 is 1.38 bits per heavy atom. The van der Waals surface area contributed by atoms with Crippen LogP contribution in [-0.2, 0) is 9.53 Å². The van der Waals surface area contributed by atoms with Crippen LogP contribution in [0.3, 0.4) is 0 Å². The van der Waals surface area contributed by atoms with E-state index in [0.29, 0.717) is 30.3 Å². The molecule has 1 saturated heterocycles. The number of carbonyl (C=O) groups is 2. The van der Waals surface area contributed by atoms with Gasteiger partial charge in [-0.05, 0) is 31.0 Å². The molecule has 114 valence electrons. The molecule has 6 heteroatoms. The third kappa shape index (κ3) is 4.46. The standard InChI is InChI=1S/C15H19NO5/c1-19-14-8-11(9-17)2-3-13(14)21-10-15(18)16-12-4-6-20-7-5-12/h2-3,8-9,12H,4-7,10H2,1H3,(H,16,18). The molecule has 1 aliphatic heterocycles. The predicted molar refractivity (Wildman–Crippen MR) is 75.9 cm³/mol. The lowest BCUT2D eigenvalue weighted by Gasteiger charge is -2.23. The Hall–Kier alpha value is -2.08. The summed E-state index contributed by atoms with van der Waals surface area (Å²) in [4.78, 5) is 22.5. The van der Waals surface area contributed by atoms with E-state index >= 15 is 0 Å². The molecule has 0 atom stereocenters. The minimum atomic E-state index is -0.177. The van der Waals surface area contributed by atoms with Crippen LogP contribution in [0.4, 0.5) is 0 Å². The van der Waals surface area contributed by atoms with E-state index in [1.807, 2.05) is 0 Å². The van der Waals surface area contributed by atoms with Gasteiger partial charge in [-0.25, -0.2) is 0 Å². The minimum Gasteiger partial charge on any atom is -0.493 e. The first kappa shape index (κ1) is 15.3. The Morgan fingerprint density at radius 3 is 2.81 bits per heavy atom. The van der Waals surface area contributed by atoms with E-state index in [9.17, 15) is 9.59 Å². The number of methoxy groups -OCH3 is 1. The van der Waals surface area contributed by atoms with Gasteiger partial charge in [-0.2, -0.15) is 0 Å². The fraction of sp³-hybridized carbons (Fsp3) is 0.467. The number of amides is 1. The molecule has 6 nitrogen and oxygen atoms in total. The summed E-state index contributed by atoms with van der Waals surface area (Å²) in [7, 11) is 1.48. The van der Waals surface area contributed by atoms with Crippen LogP contribution < -0.4 is 14.8 Å². The highest BCUT2D eigenvalue weighted by atomic mass is 16.5. The van der Waals surface area contributed by atoms with Crippen molar-refractivity contribution in [1.29, 1.82) is 0 Å². The second kappa shape index (κ2) is 7.64. The van der Waals surface area contributed by atoms with Gasteiger partial charge in [-0.1, -0.05) is 0 Å². The monoisotopic (exact) mass is 293 g/mol. The van der Waals surface area contributed by atoms with Crippen molar-refractivity contribution < 1.29 is 23.8 Å². The van der Waals surface area contributed by atoms with Crippen molar-refractivity contribution in [3.8, 4) is 11.5 Å². The smallest absolute Gasteiger partial charge is 0.258 e. The number of hydrogen-bond acceptors (Lipinski definition) is 5. The van der Waals surface area contributed by atoms with Crippen molar-refractivity contribution in [3.63, 3.8) is 0 Å². The molecule has 0 aromatic heterocycles. The molecule has 1 aliphatic rings. The van der Waals surface area contributed by atoms with Crippen LogP contribution in [0.1, 0.15) is 23.2 Å². The maximum Gasteiger partial charge on any atom is 0.258 e. The average Bonchev–Trinajstić information content (AvgIpc) is 2.53.